The van der Waals surface area contributed by atoms with Gasteiger partial charge >= 0.3 is 0 Å². The van der Waals surface area contributed by atoms with Crippen LogP contribution in [-0.2, 0) is 20.9 Å². The van der Waals surface area contributed by atoms with Crippen LogP contribution in [0.25, 0.3) is 0 Å². The molecular weight excluding hydrogens is 364 g/mol. The van der Waals surface area contributed by atoms with E-state index in [0.29, 0.717) is 26.2 Å². The molecule has 2 aliphatic rings. The molecule has 8 heteroatoms. The molecule has 27 heavy (non-hydrogen) atoms. The molecule has 1 aromatic heterocycles. The second-order valence-electron chi connectivity index (χ2n) is 7.51. The van der Waals surface area contributed by atoms with Crippen molar-refractivity contribution in [3.8, 4) is 0 Å². The summed E-state index contributed by atoms with van der Waals surface area (Å²) in [6, 6.07) is 0.402. The second kappa shape index (κ2) is 10.1. The number of carbonyl (C=O) groups is 2. The molecule has 2 aliphatic heterocycles. The Hall–Kier alpha value is -1.51. The minimum atomic E-state index is -0.236. The molecule has 2 amide bonds. The van der Waals surface area contributed by atoms with Crippen LogP contribution in [0.5, 0.6) is 0 Å². The van der Waals surface area contributed by atoms with Gasteiger partial charge in [-0.1, -0.05) is 6.42 Å². The number of rotatable bonds is 5. The van der Waals surface area contributed by atoms with E-state index in [4.69, 9.17) is 4.74 Å². The summed E-state index contributed by atoms with van der Waals surface area (Å²) in [7, 11) is 1.83. The van der Waals surface area contributed by atoms with Crippen molar-refractivity contribution in [2.24, 2.45) is 5.92 Å². The van der Waals surface area contributed by atoms with Gasteiger partial charge in [0.2, 0.25) is 11.8 Å². The quantitative estimate of drug-likeness (QED) is 0.792. The molecule has 0 aliphatic carbocycles. The Bertz CT molecular complexity index is 604. The van der Waals surface area contributed by atoms with Crippen LogP contribution >= 0.6 is 11.3 Å². The van der Waals surface area contributed by atoms with E-state index in [2.05, 4.69) is 15.6 Å². The van der Waals surface area contributed by atoms with Crippen molar-refractivity contribution in [1.82, 2.24) is 20.5 Å². The molecule has 0 radical (unpaired) electrons. The van der Waals surface area contributed by atoms with Crippen LogP contribution in [0.1, 0.15) is 43.5 Å². The monoisotopic (exact) mass is 394 g/mol. The lowest BCUT2D eigenvalue weighted by Gasteiger charge is -2.26. The van der Waals surface area contributed by atoms with Crippen LogP contribution in [0.3, 0.4) is 0 Å². The summed E-state index contributed by atoms with van der Waals surface area (Å²) in [6.07, 6.45) is 6.45. The molecule has 3 rings (SSSR count). The molecular formula is C19H30N4O3S. The Morgan fingerprint density at radius 1 is 1.30 bits per heavy atom. The van der Waals surface area contributed by atoms with Gasteiger partial charge in [-0.2, -0.15) is 0 Å². The van der Waals surface area contributed by atoms with Crippen molar-refractivity contribution in [2.75, 3.05) is 26.8 Å². The van der Waals surface area contributed by atoms with Crippen molar-refractivity contribution in [1.29, 1.82) is 0 Å². The fourth-order valence-electron chi connectivity index (χ4n) is 3.73. The van der Waals surface area contributed by atoms with E-state index in [1.165, 1.54) is 0 Å². The first-order chi connectivity index (χ1) is 13.1. The molecule has 150 valence electrons. The Kier molecular flexibility index (Phi) is 7.60. The van der Waals surface area contributed by atoms with E-state index in [1.54, 1.807) is 16.2 Å². The number of hydrogen-bond acceptors (Lipinski definition) is 6. The zero-order valence-corrected chi connectivity index (χ0v) is 16.8. The van der Waals surface area contributed by atoms with Crippen molar-refractivity contribution < 1.29 is 14.3 Å². The number of aromatic nitrogens is 1. The average Bonchev–Trinajstić information content (AvgIpc) is 3.20. The van der Waals surface area contributed by atoms with Crippen molar-refractivity contribution >= 4 is 23.2 Å². The predicted molar refractivity (Wildman–Crippen MR) is 104 cm³/mol. The van der Waals surface area contributed by atoms with Crippen LogP contribution < -0.4 is 10.6 Å². The summed E-state index contributed by atoms with van der Waals surface area (Å²) in [5.41, 5.74) is 0. The average molecular weight is 395 g/mol. The first-order valence-corrected chi connectivity index (χ1v) is 10.7. The molecule has 0 aromatic carbocycles. The number of carbonyl (C=O) groups excluding carboxylic acids is 2. The molecule has 0 spiro atoms. The van der Waals surface area contributed by atoms with Crippen LogP contribution in [0, 0.1) is 5.92 Å². The smallest absolute Gasteiger partial charge is 0.223 e. The maximum absolute atomic E-state index is 12.7. The van der Waals surface area contributed by atoms with Crippen molar-refractivity contribution in [2.45, 2.75) is 57.2 Å². The van der Waals surface area contributed by atoms with E-state index in [1.807, 2.05) is 18.6 Å². The number of nitrogens with zero attached hydrogens (tertiary/aromatic N) is 2. The minimum absolute atomic E-state index is 0.0258. The van der Waals surface area contributed by atoms with E-state index in [0.717, 1.165) is 43.7 Å². The number of thiazole rings is 1. The topological polar surface area (TPSA) is 83.6 Å². The Labute approximate surface area is 164 Å². The first-order valence-electron chi connectivity index (χ1n) is 9.85. The highest BCUT2D eigenvalue weighted by Crippen LogP contribution is 2.20. The summed E-state index contributed by atoms with van der Waals surface area (Å²) >= 11 is 1.63. The van der Waals surface area contributed by atoms with Crippen LogP contribution in [-0.4, -0.2) is 60.6 Å². The van der Waals surface area contributed by atoms with Gasteiger partial charge in [-0.15, -0.1) is 11.3 Å². The number of likely N-dealkylation sites (N-methyl/N-ethyl adjacent to an activating group) is 1. The Morgan fingerprint density at radius 3 is 2.85 bits per heavy atom. The molecule has 2 unspecified atom stereocenters. The van der Waals surface area contributed by atoms with E-state index in [9.17, 15) is 9.59 Å². The van der Waals surface area contributed by atoms with Gasteiger partial charge < -0.3 is 20.3 Å². The number of ether oxygens (including phenoxy) is 1. The van der Waals surface area contributed by atoms with Crippen LogP contribution in [0.4, 0.5) is 0 Å². The lowest BCUT2D eigenvalue weighted by molar-refractivity contribution is -0.136. The van der Waals surface area contributed by atoms with Gasteiger partial charge in [-0.25, -0.2) is 4.98 Å². The normalized spacial score (nSPS) is 25.5. The van der Waals surface area contributed by atoms with Crippen molar-refractivity contribution in [3.05, 3.63) is 16.6 Å². The molecule has 0 bridgehead atoms. The lowest BCUT2D eigenvalue weighted by Crippen LogP contribution is -2.44. The van der Waals surface area contributed by atoms with Gasteiger partial charge in [0, 0.05) is 69.4 Å². The predicted octanol–water partition coefficient (Wildman–Crippen LogP) is 1.55. The molecule has 3 heterocycles. The van der Waals surface area contributed by atoms with E-state index in [-0.39, 0.29) is 29.8 Å². The van der Waals surface area contributed by atoms with Gasteiger partial charge in [0.15, 0.2) is 0 Å². The number of amides is 2. The molecule has 7 nitrogen and oxygen atoms in total. The first kappa shape index (κ1) is 20.2. The highest BCUT2D eigenvalue weighted by molar-refractivity contribution is 7.09. The van der Waals surface area contributed by atoms with Gasteiger partial charge in [-0.3, -0.25) is 9.59 Å². The molecule has 2 saturated heterocycles. The van der Waals surface area contributed by atoms with E-state index < -0.39 is 0 Å². The SMILES string of the molecule is CN1CC(NCc2nccs2)CCCC(C(=O)NC2CCOCC2)CC1=O. The van der Waals surface area contributed by atoms with Crippen LogP contribution in [0.15, 0.2) is 11.6 Å². The second-order valence-corrected chi connectivity index (χ2v) is 8.48. The summed E-state index contributed by atoms with van der Waals surface area (Å²) in [5, 5.41) is 9.68. The largest absolute Gasteiger partial charge is 0.381 e. The molecule has 2 N–H and O–H groups in total. The molecule has 2 atom stereocenters. The fourth-order valence-corrected chi connectivity index (χ4v) is 4.29. The Morgan fingerprint density at radius 2 is 2.11 bits per heavy atom. The maximum Gasteiger partial charge on any atom is 0.223 e. The third-order valence-corrected chi connectivity index (χ3v) is 6.19. The minimum Gasteiger partial charge on any atom is -0.381 e. The summed E-state index contributed by atoms with van der Waals surface area (Å²) in [4.78, 5) is 31.4. The van der Waals surface area contributed by atoms with Gasteiger partial charge in [0.25, 0.3) is 0 Å². The molecule has 1 aromatic rings. The van der Waals surface area contributed by atoms with Gasteiger partial charge in [0.1, 0.15) is 5.01 Å². The van der Waals surface area contributed by atoms with Gasteiger partial charge in [0.05, 0.1) is 0 Å². The zero-order chi connectivity index (χ0) is 19.1. The number of hydrogen-bond donors (Lipinski definition) is 2. The highest BCUT2D eigenvalue weighted by Gasteiger charge is 2.28. The van der Waals surface area contributed by atoms with E-state index >= 15 is 0 Å². The maximum atomic E-state index is 12.7. The summed E-state index contributed by atoms with van der Waals surface area (Å²) < 4.78 is 5.35. The third-order valence-electron chi connectivity index (χ3n) is 5.41. The third kappa shape index (κ3) is 6.26. The van der Waals surface area contributed by atoms with Crippen molar-refractivity contribution in [3.63, 3.8) is 0 Å². The molecule has 0 saturated carbocycles. The summed E-state index contributed by atoms with van der Waals surface area (Å²) in [5.74, 6) is -0.163. The van der Waals surface area contributed by atoms with Gasteiger partial charge in [-0.05, 0) is 25.7 Å². The summed E-state index contributed by atoms with van der Waals surface area (Å²) in [6.45, 7) is 2.78. The Balaban J connectivity index is 1.53. The lowest BCUT2D eigenvalue weighted by atomic mass is 9.95. The molecule has 2 fully saturated rings. The number of nitrogens with one attached hydrogen (secondary N) is 2. The zero-order valence-electron chi connectivity index (χ0n) is 16.0. The van der Waals surface area contributed by atoms with Crippen LogP contribution in [0.2, 0.25) is 0 Å². The highest BCUT2D eigenvalue weighted by atomic mass is 32.1. The fraction of sp³-hybridized carbons (Fsp3) is 0.737. The standard InChI is InChI=1S/C19H30N4O3S/c1-23-13-16(21-12-17-20-7-10-27-17)4-2-3-14(11-18(23)24)19(25)22-15-5-8-26-9-6-15/h7,10,14-16,21H,2-6,8-9,11-13H2,1H3,(H,22,25).